The number of benzene rings is 1. The minimum absolute atomic E-state index is 0.0353. The van der Waals surface area contributed by atoms with Gasteiger partial charge in [-0.25, -0.2) is 4.79 Å². The Morgan fingerprint density at radius 1 is 1.26 bits per heavy atom. The number of hydrogen-bond donors (Lipinski definition) is 1. The Bertz CT molecular complexity index is 646. The zero-order valence-electron chi connectivity index (χ0n) is 17.1. The minimum atomic E-state index is -0.503. The van der Waals surface area contributed by atoms with Crippen LogP contribution in [0.25, 0.3) is 0 Å². The number of nitrogens with zero attached hydrogens (tertiary/aromatic N) is 1. The fraction of sp³-hybridized carbons (Fsp3) is 0.619. The Morgan fingerprint density at radius 2 is 1.93 bits per heavy atom. The molecule has 1 unspecified atom stereocenters. The number of carbonyl (C=O) groups is 2. The first kappa shape index (κ1) is 21.1. The van der Waals surface area contributed by atoms with Crippen molar-refractivity contribution in [2.75, 3.05) is 19.7 Å². The number of nitrogens with one attached hydrogen (secondary N) is 1. The first-order valence-corrected chi connectivity index (χ1v) is 9.70. The summed E-state index contributed by atoms with van der Waals surface area (Å²) in [4.78, 5) is 26.4. The summed E-state index contributed by atoms with van der Waals surface area (Å²) in [6, 6.07) is 7.69. The van der Waals surface area contributed by atoms with E-state index in [1.54, 1.807) is 4.90 Å². The lowest BCUT2D eigenvalue weighted by Gasteiger charge is -2.33. The van der Waals surface area contributed by atoms with E-state index in [9.17, 15) is 9.59 Å². The molecule has 1 aliphatic heterocycles. The van der Waals surface area contributed by atoms with Crippen LogP contribution in [0.5, 0.6) is 5.75 Å². The van der Waals surface area contributed by atoms with Gasteiger partial charge in [-0.2, -0.15) is 0 Å². The molecule has 6 heteroatoms. The van der Waals surface area contributed by atoms with Gasteiger partial charge in [-0.15, -0.1) is 0 Å². The van der Waals surface area contributed by atoms with Gasteiger partial charge < -0.3 is 19.7 Å². The van der Waals surface area contributed by atoms with Crippen molar-refractivity contribution in [1.82, 2.24) is 10.2 Å². The van der Waals surface area contributed by atoms with Gasteiger partial charge in [0.15, 0.2) is 0 Å². The fourth-order valence-corrected chi connectivity index (χ4v) is 3.11. The summed E-state index contributed by atoms with van der Waals surface area (Å²) in [5.41, 5.74) is 0.511. The minimum Gasteiger partial charge on any atom is -0.494 e. The first-order valence-electron chi connectivity index (χ1n) is 9.70. The molecule has 0 aromatic heterocycles. The van der Waals surface area contributed by atoms with Gasteiger partial charge in [0.25, 0.3) is 0 Å². The van der Waals surface area contributed by atoms with Crippen molar-refractivity contribution < 1.29 is 19.1 Å². The number of carbonyl (C=O) groups excluding carboxylic acids is 2. The van der Waals surface area contributed by atoms with Gasteiger partial charge in [0.2, 0.25) is 5.91 Å². The highest BCUT2D eigenvalue weighted by molar-refractivity contribution is 5.79. The number of amides is 2. The van der Waals surface area contributed by atoms with Crippen LogP contribution in [0.1, 0.15) is 59.1 Å². The normalized spacial score (nSPS) is 16.6. The maximum Gasteiger partial charge on any atom is 0.410 e. The number of likely N-dealkylation sites (tertiary alicyclic amines) is 1. The molecule has 0 spiro atoms. The average molecular weight is 376 g/mol. The van der Waals surface area contributed by atoms with E-state index in [0.29, 0.717) is 32.5 Å². The molecule has 1 aromatic rings. The van der Waals surface area contributed by atoms with Crippen LogP contribution in [0, 0.1) is 5.92 Å². The predicted octanol–water partition coefficient (Wildman–Crippen LogP) is 3.91. The lowest BCUT2D eigenvalue weighted by Crippen LogP contribution is -2.45. The van der Waals surface area contributed by atoms with Gasteiger partial charge in [-0.3, -0.25) is 4.79 Å². The topological polar surface area (TPSA) is 67.9 Å². The molecule has 1 N–H and O–H groups in total. The molecule has 1 heterocycles. The van der Waals surface area contributed by atoms with Gasteiger partial charge >= 0.3 is 6.09 Å². The molecule has 1 saturated heterocycles. The quantitative estimate of drug-likeness (QED) is 0.846. The smallest absolute Gasteiger partial charge is 0.410 e. The van der Waals surface area contributed by atoms with E-state index in [2.05, 4.69) is 5.32 Å². The van der Waals surface area contributed by atoms with Crippen molar-refractivity contribution in [3.05, 3.63) is 29.8 Å². The van der Waals surface area contributed by atoms with E-state index in [4.69, 9.17) is 9.47 Å². The highest BCUT2D eigenvalue weighted by atomic mass is 16.6. The summed E-state index contributed by atoms with van der Waals surface area (Å²) < 4.78 is 10.9. The largest absolute Gasteiger partial charge is 0.494 e. The van der Waals surface area contributed by atoms with Crippen molar-refractivity contribution in [2.45, 2.75) is 59.1 Å². The molecule has 2 amide bonds. The molecule has 0 aliphatic carbocycles. The maximum atomic E-state index is 12.6. The predicted molar refractivity (Wildman–Crippen MR) is 105 cm³/mol. The van der Waals surface area contributed by atoms with Crippen molar-refractivity contribution in [3.63, 3.8) is 0 Å². The van der Waals surface area contributed by atoms with Crippen molar-refractivity contribution in [2.24, 2.45) is 5.92 Å². The van der Waals surface area contributed by atoms with Crippen molar-refractivity contribution >= 4 is 12.0 Å². The van der Waals surface area contributed by atoms with Gasteiger partial charge in [0, 0.05) is 19.0 Å². The molecule has 1 fully saturated rings. The third kappa shape index (κ3) is 6.45. The number of hydrogen-bond acceptors (Lipinski definition) is 4. The highest BCUT2D eigenvalue weighted by Crippen LogP contribution is 2.23. The van der Waals surface area contributed by atoms with Crippen LogP contribution in [0.2, 0.25) is 0 Å². The Hall–Kier alpha value is -2.24. The van der Waals surface area contributed by atoms with Crippen LogP contribution in [-0.4, -0.2) is 42.2 Å². The van der Waals surface area contributed by atoms with Crippen LogP contribution < -0.4 is 10.1 Å². The Morgan fingerprint density at radius 3 is 2.52 bits per heavy atom. The average Bonchev–Trinajstić information content (AvgIpc) is 2.61. The Labute approximate surface area is 162 Å². The van der Waals surface area contributed by atoms with Gasteiger partial charge in [-0.05, 0) is 65.2 Å². The number of piperidine rings is 1. The molecule has 27 heavy (non-hydrogen) atoms. The van der Waals surface area contributed by atoms with E-state index < -0.39 is 5.60 Å². The summed E-state index contributed by atoms with van der Waals surface area (Å²) in [7, 11) is 0. The highest BCUT2D eigenvalue weighted by Gasteiger charge is 2.30. The van der Waals surface area contributed by atoms with Gasteiger partial charge in [0.05, 0.1) is 12.6 Å². The molecule has 6 nitrogen and oxygen atoms in total. The van der Waals surface area contributed by atoms with E-state index in [-0.39, 0.29) is 24.0 Å². The van der Waals surface area contributed by atoms with Crippen molar-refractivity contribution in [1.29, 1.82) is 0 Å². The van der Waals surface area contributed by atoms with Crippen LogP contribution in [-0.2, 0) is 9.53 Å². The van der Waals surface area contributed by atoms with Crippen LogP contribution >= 0.6 is 0 Å². The second-order valence-corrected chi connectivity index (χ2v) is 7.98. The molecule has 2 rings (SSSR count). The molecular weight excluding hydrogens is 344 g/mol. The summed E-state index contributed by atoms with van der Waals surface area (Å²) in [6.45, 7) is 11.2. The van der Waals surface area contributed by atoms with Crippen LogP contribution in [0.3, 0.4) is 0 Å². The Balaban J connectivity index is 1.85. The molecular formula is C21H32N2O4. The molecule has 1 aromatic carbocycles. The molecule has 1 aliphatic rings. The van der Waals surface area contributed by atoms with E-state index in [0.717, 1.165) is 11.3 Å². The van der Waals surface area contributed by atoms with Gasteiger partial charge in [0.1, 0.15) is 11.4 Å². The van der Waals surface area contributed by atoms with E-state index >= 15 is 0 Å². The maximum absolute atomic E-state index is 12.6. The monoisotopic (exact) mass is 376 g/mol. The third-order valence-electron chi connectivity index (χ3n) is 4.55. The second-order valence-electron chi connectivity index (χ2n) is 7.98. The molecule has 0 radical (unpaired) electrons. The SMILES string of the molecule is CCOc1cccc(C(C)NC(=O)C2CCN(C(=O)OC(C)(C)C)CC2)c1. The molecule has 0 saturated carbocycles. The zero-order valence-corrected chi connectivity index (χ0v) is 17.1. The second kappa shape index (κ2) is 9.11. The number of ether oxygens (including phenoxy) is 2. The molecule has 0 bridgehead atoms. The third-order valence-corrected chi connectivity index (χ3v) is 4.55. The van der Waals surface area contributed by atoms with Crippen LogP contribution in [0.15, 0.2) is 24.3 Å². The van der Waals surface area contributed by atoms with Crippen molar-refractivity contribution in [3.8, 4) is 5.75 Å². The Kier molecular flexibility index (Phi) is 7.11. The number of rotatable bonds is 5. The molecule has 1 atom stereocenters. The van der Waals surface area contributed by atoms with E-state index in [1.807, 2.05) is 58.9 Å². The summed E-state index contributed by atoms with van der Waals surface area (Å²) in [6.07, 6.45) is 0.996. The van der Waals surface area contributed by atoms with Crippen LogP contribution in [0.4, 0.5) is 4.79 Å². The van der Waals surface area contributed by atoms with E-state index in [1.165, 1.54) is 0 Å². The summed E-state index contributed by atoms with van der Waals surface area (Å²) >= 11 is 0. The summed E-state index contributed by atoms with van der Waals surface area (Å²) in [5.74, 6) is 0.760. The lowest BCUT2D eigenvalue weighted by molar-refractivity contribution is -0.127. The lowest BCUT2D eigenvalue weighted by atomic mass is 9.95. The summed E-state index contributed by atoms with van der Waals surface area (Å²) in [5, 5.41) is 3.09. The standard InChI is InChI=1S/C21H32N2O4/c1-6-26-18-9-7-8-17(14-18)15(2)22-19(24)16-10-12-23(13-11-16)20(25)27-21(3,4)5/h7-9,14-16H,6,10-13H2,1-5H3,(H,22,24). The van der Waals surface area contributed by atoms with Gasteiger partial charge in [-0.1, -0.05) is 12.1 Å². The molecule has 150 valence electrons. The zero-order chi connectivity index (χ0) is 20.0. The first-order chi connectivity index (χ1) is 12.7. The fourth-order valence-electron chi connectivity index (χ4n) is 3.11.